The molecule has 0 fully saturated rings. The Balaban J connectivity index is 1.49. The van der Waals surface area contributed by atoms with Gasteiger partial charge in [0.2, 0.25) is 5.91 Å². The van der Waals surface area contributed by atoms with Crippen LogP contribution in [0.25, 0.3) is 0 Å². The molecule has 3 amide bonds. The van der Waals surface area contributed by atoms with Crippen LogP contribution in [0.1, 0.15) is 75.5 Å². The number of thiophene rings is 1. The highest BCUT2D eigenvalue weighted by atomic mass is 32.1. The Morgan fingerprint density at radius 2 is 1.91 bits per heavy atom. The van der Waals surface area contributed by atoms with Crippen LogP contribution < -0.4 is 5.32 Å². The lowest BCUT2D eigenvalue weighted by molar-refractivity contribution is -0.385. The van der Waals surface area contributed by atoms with Gasteiger partial charge in [0, 0.05) is 23.9 Å². The summed E-state index contributed by atoms with van der Waals surface area (Å²) < 4.78 is 5.05. The summed E-state index contributed by atoms with van der Waals surface area (Å²) in [4.78, 5) is 62.1. The quantitative estimate of drug-likeness (QED) is 0.165. The number of carbonyl (C=O) groups is 4. The van der Waals surface area contributed by atoms with Gasteiger partial charge in [0.15, 0.2) is 0 Å². The molecule has 0 aliphatic carbocycles. The first-order valence-corrected chi connectivity index (χ1v) is 11.8. The lowest BCUT2D eigenvalue weighted by Crippen LogP contribution is -2.30. The predicted octanol–water partition coefficient (Wildman–Crippen LogP) is 4.19. The van der Waals surface area contributed by atoms with Gasteiger partial charge < -0.3 is 10.1 Å². The number of nitro benzene ring substituents is 1. The Morgan fingerprint density at radius 1 is 1.15 bits per heavy atom. The molecule has 10 nitrogen and oxygen atoms in total. The van der Waals surface area contributed by atoms with Gasteiger partial charge in [-0.05, 0) is 38.3 Å². The zero-order chi connectivity index (χ0) is 24.8. The van der Waals surface area contributed by atoms with E-state index >= 15 is 0 Å². The first kappa shape index (κ1) is 25.0. The zero-order valence-corrected chi connectivity index (χ0v) is 19.7. The maximum absolute atomic E-state index is 12.6. The molecule has 0 unspecified atom stereocenters. The number of nitrogens with zero attached hydrogens (tertiary/aromatic N) is 2. The van der Waals surface area contributed by atoms with Crippen LogP contribution in [0.2, 0.25) is 0 Å². The highest BCUT2D eigenvalue weighted by Gasteiger charge is 2.40. The number of nitro groups is 1. The van der Waals surface area contributed by atoms with Crippen LogP contribution in [0.5, 0.6) is 0 Å². The number of esters is 1. The van der Waals surface area contributed by atoms with Crippen molar-refractivity contribution >= 4 is 45.7 Å². The summed E-state index contributed by atoms with van der Waals surface area (Å²) in [6, 6.07) is 5.72. The third kappa shape index (κ3) is 5.30. The van der Waals surface area contributed by atoms with E-state index in [0.717, 1.165) is 16.2 Å². The standard InChI is InChI=1S/C23H25N3O7S/c1-3-14-13-16(23(30)33-4-2)20(34-14)24-18(27)11-6-5-7-12-25-21(28)15-9-8-10-17(26(31)32)19(15)22(25)29/h8-10,13H,3-7,11-12H2,1-2H3,(H,24,27). The van der Waals surface area contributed by atoms with Gasteiger partial charge in [-0.3, -0.25) is 29.4 Å². The monoisotopic (exact) mass is 487 g/mol. The van der Waals surface area contributed by atoms with E-state index in [1.807, 2.05) is 6.92 Å². The number of nitrogens with one attached hydrogen (secondary N) is 1. The maximum atomic E-state index is 12.6. The van der Waals surface area contributed by atoms with Crippen molar-refractivity contribution in [2.45, 2.75) is 46.0 Å². The number of ether oxygens (including phenoxy) is 1. The van der Waals surface area contributed by atoms with E-state index in [1.165, 1.54) is 29.5 Å². The van der Waals surface area contributed by atoms with Crippen molar-refractivity contribution < 1.29 is 28.8 Å². The number of benzene rings is 1. The SMILES string of the molecule is CCOC(=O)c1cc(CC)sc1NC(=O)CCCCCN1C(=O)c2cccc([N+](=O)[O-])c2C1=O. The molecule has 2 aromatic rings. The number of aryl methyl sites for hydroxylation is 1. The van der Waals surface area contributed by atoms with Gasteiger partial charge in [0.25, 0.3) is 17.5 Å². The summed E-state index contributed by atoms with van der Waals surface area (Å²) in [5.74, 6) is -1.93. The molecule has 180 valence electrons. The van der Waals surface area contributed by atoms with Crippen molar-refractivity contribution in [2.75, 3.05) is 18.5 Å². The van der Waals surface area contributed by atoms with E-state index in [0.29, 0.717) is 29.8 Å². The van der Waals surface area contributed by atoms with Crippen molar-refractivity contribution in [2.24, 2.45) is 0 Å². The third-order valence-electron chi connectivity index (χ3n) is 5.34. The summed E-state index contributed by atoms with van der Waals surface area (Å²) >= 11 is 1.34. The Hall–Kier alpha value is -3.60. The van der Waals surface area contributed by atoms with Crippen molar-refractivity contribution in [3.8, 4) is 0 Å². The molecule has 0 radical (unpaired) electrons. The van der Waals surface area contributed by atoms with Crippen LogP contribution in [0.4, 0.5) is 10.7 Å². The topological polar surface area (TPSA) is 136 Å². The van der Waals surface area contributed by atoms with Crippen LogP contribution in [0, 0.1) is 10.1 Å². The predicted molar refractivity (Wildman–Crippen MR) is 125 cm³/mol. The molecule has 1 aliphatic rings. The first-order chi connectivity index (χ1) is 16.3. The average molecular weight is 488 g/mol. The number of unbranched alkanes of at least 4 members (excludes halogenated alkanes) is 2. The molecule has 0 bridgehead atoms. The molecule has 1 N–H and O–H groups in total. The Labute approximate surface area is 200 Å². The van der Waals surface area contributed by atoms with Crippen LogP contribution >= 0.6 is 11.3 Å². The van der Waals surface area contributed by atoms with Gasteiger partial charge in [-0.1, -0.05) is 19.4 Å². The molecule has 0 atom stereocenters. The Kier molecular flexibility index (Phi) is 8.11. The molecular formula is C23H25N3O7S. The second kappa shape index (κ2) is 11.0. The number of anilines is 1. The molecule has 11 heteroatoms. The molecule has 2 heterocycles. The summed E-state index contributed by atoms with van der Waals surface area (Å²) in [7, 11) is 0. The minimum Gasteiger partial charge on any atom is -0.462 e. The van der Waals surface area contributed by atoms with Gasteiger partial charge >= 0.3 is 5.97 Å². The number of imide groups is 1. The van der Waals surface area contributed by atoms with E-state index in [-0.39, 0.29) is 42.3 Å². The molecule has 0 saturated carbocycles. The van der Waals surface area contributed by atoms with Crippen LogP contribution in [-0.4, -0.2) is 46.7 Å². The second-order valence-corrected chi connectivity index (χ2v) is 8.74. The van der Waals surface area contributed by atoms with E-state index in [2.05, 4.69) is 5.32 Å². The third-order valence-corrected chi connectivity index (χ3v) is 6.53. The minimum atomic E-state index is -0.670. The minimum absolute atomic E-state index is 0.0402. The van der Waals surface area contributed by atoms with Crippen molar-refractivity contribution in [3.63, 3.8) is 0 Å². The Bertz CT molecular complexity index is 1140. The number of hydrogen-bond donors (Lipinski definition) is 1. The fourth-order valence-corrected chi connectivity index (χ4v) is 4.66. The summed E-state index contributed by atoms with van der Waals surface area (Å²) in [5, 5.41) is 14.4. The lowest BCUT2D eigenvalue weighted by atomic mass is 10.1. The van der Waals surface area contributed by atoms with Crippen LogP contribution in [0.15, 0.2) is 24.3 Å². The largest absolute Gasteiger partial charge is 0.462 e. The smallest absolute Gasteiger partial charge is 0.341 e. The highest BCUT2D eigenvalue weighted by molar-refractivity contribution is 7.16. The van der Waals surface area contributed by atoms with E-state index in [4.69, 9.17) is 4.74 Å². The molecule has 1 aromatic carbocycles. The second-order valence-electron chi connectivity index (χ2n) is 7.61. The van der Waals surface area contributed by atoms with Gasteiger partial charge in [-0.25, -0.2) is 4.79 Å². The molecule has 34 heavy (non-hydrogen) atoms. The number of amides is 3. The highest BCUT2D eigenvalue weighted by Crippen LogP contribution is 2.31. The molecular weight excluding hydrogens is 462 g/mol. The van der Waals surface area contributed by atoms with Gasteiger partial charge in [-0.15, -0.1) is 11.3 Å². The Morgan fingerprint density at radius 3 is 2.59 bits per heavy atom. The fraction of sp³-hybridized carbons (Fsp3) is 0.391. The number of rotatable bonds is 11. The van der Waals surface area contributed by atoms with Gasteiger partial charge in [0.1, 0.15) is 10.6 Å². The summed E-state index contributed by atoms with van der Waals surface area (Å²) in [5.41, 5.74) is -0.163. The zero-order valence-electron chi connectivity index (χ0n) is 18.9. The number of hydrogen-bond acceptors (Lipinski definition) is 8. The fourth-order valence-electron chi connectivity index (χ4n) is 3.66. The van der Waals surface area contributed by atoms with Crippen molar-refractivity contribution in [3.05, 3.63) is 55.9 Å². The lowest BCUT2D eigenvalue weighted by Gasteiger charge is -2.13. The van der Waals surface area contributed by atoms with Gasteiger partial charge in [0.05, 0.1) is 22.7 Å². The van der Waals surface area contributed by atoms with Crippen LogP contribution in [0.3, 0.4) is 0 Å². The van der Waals surface area contributed by atoms with E-state index in [9.17, 15) is 29.3 Å². The maximum Gasteiger partial charge on any atom is 0.341 e. The molecule has 1 aromatic heterocycles. The molecule has 0 saturated heterocycles. The molecule has 0 spiro atoms. The van der Waals surface area contributed by atoms with Crippen molar-refractivity contribution in [1.29, 1.82) is 0 Å². The summed E-state index contributed by atoms with van der Waals surface area (Å²) in [6.07, 6.45) is 2.47. The number of fused-ring (bicyclic) bond motifs is 1. The molecule has 1 aliphatic heterocycles. The first-order valence-electron chi connectivity index (χ1n) is 11.0. The van der Waals surface area contributed by atoms with E-state index in [1.54, 1.807) is 13.0 Å². The average Bonchev–Trinajstić information content (AvgIpc) is 3.32. The van der Waals surface area contributed by atoms with Gasteiger partial charge in [-0.2, -0.15) is 0 Å². The van der Waals surface area contributed by atoms with E-state index < -0.39 is 22.7 Å². The van der Waals surface area contributed by atoms with Crippen molar-refractivity contribution in [1.82, 2.24) is 4.90 Å². The normalized spacial score (nSPS) is 12.6. The number of carbonyl (C=O) groups excluding carboxylic acids is 4. The molecule has 3 rings (SSSR count). The van der Waals surface area contributed by atoms with Crippen LogP contribution in [-0.2, 0) is 16.0 Å². The summed E-state index contributed by atoms with van der Waals surface area (Å²) in [6.45, 7) is 4.03.